The monoisotopic (exact) mass is 257 g/mol. The van der Waals surface area contributed by atoms with Crippen molar-refractivity contribution in [3.8, 4) is 0 Å². The first-order valence-electron chi connectivity index (χ1n) is 5.01. The van der Waals surface area contributed by atoms with Crippen LogP contribution in [0.15, 0.2) is 21.9 Å². The molecule has 1 unspecified atom stereocenters. The fourth-order valence-corrected chi connectivity index (χ4v) is 2.35. The highest BCUT2D eigenvalue weighted by atomic mass is 35.5. The van der Waals surface area contributed by atoms with Gasteiger partial charge in [-0.3, -0.25) is 0 Å². The Labute approximate surface area is 103 Å². The molecule has 0 saturated carbocycles. The van der Waals surface area contributed by atoms with Gasteiger partial charge >= 0.3 is 6.01 Å². The second kappa shape index (κ2) is 5.32. The number of alkyl halides is 1. The van der Waals surface area contributed by atoms with Crippen LogP contribution in [0.1, 0.15) is 30.2 Å². The molecule has 6 heteroatoms. The second-order valence-corrected chi connectivity index (χ2v) is 4.50. The average Bonchev–Trinajstić information content (AvgIpc) is 2.96. The zero-order valence-corrected chi connectivity index (χ0v) is 10.4. The third kappa shape index (κ3) is 2.54. The second-order valence-electron chi connectivity index (χ2n) is 3.26. The van der Waals surface area contributed by atoms with Gasteiger partial charge in [0.2, 0.25) is 5.89 Å². The van der Waals surface area contributed by atoms with Gasteiger partial charge in [0.25, 0.3) is 0 Å². The summed E-state index contributed by atoms with van der Waals surface area (Å²) in [5.74, 6) is 0.676. The molecule has 2 aromatic rings. The van der Waals surface area contributed by atoms with Crippen LogP contribution in [0.4, 0.5) is 6.01 Å². The molecule has 0 aromatic carbocycles. The van der Waals surface area contributed by atoms with E-state index in [2.05, 4.69) is 33.9 Å². The van der Waals surface area contributed by atoms with Crippen LogP contribution in [0.5, 0.6) is 0 Å². The number of nitrogens with zero attached hydrogens (tertiary/aromatic N) is 2. The zero-order valence-electron chi connectivity index (χ0n) is 8.81. The number of rotatable bonds is 5. The summed E-state index contributed by atoms with van der Waals surface area (Å²) in [6.45, 7) is 2.11. The molecule has 16 heavy (non-hydrogen) atoms. The molecule has 1 atom stereocenters. The van der Waals surface area contributed by atoms with Crippen LogP contribution in [-0.4, -0.2) is 10.2 Å². The molecular formula is C10H12ClN3OS. The molecule has 1 N–H and O–H groups in total. The van der Waals surface area contributed by atoms with E-state index in [1.165, 1.54) is 4.88 Å². The number of thiophene rings is 1. The predicted molar refractivity (Wildman–Crippen MR) is 64.8 cm³/mol. The molecule has 0 bridgehead atoms. The summed E-state index contributed by atoms with van der Waals surface area (Å²) in [7, 11) is 0. The predicted octanol–water partition coefficient (Wildman–Crippen LogP) is 3.43. The van der Waals surface area contributed by atoms with Crippen LogP contribution in [0.2, 0.25) is 0 Å². The lowest BCUT2D eigenvalue weighted by Crippen LogP contribution is -2.08. The van der Waals surface area contributed by atoms with E-state index in [0.29, 0.717) is 11.9 Å². The van der Waals surface area contributed by atoms with E-state index in [-0.39, 0.29) is 11.9 Å². The number of hydrogen-bond donors (Lipinski definition) is 1. The Bertz CT molecular complexity index is 429. The van der Waals surface area contributed by atoms with E-state index in [1.54, 1.807) is 11.3 Å². The Balaban J connectivity index is 2.07. The summed E-state index contributed by atoms with van der Waals surface area (Å²) in [6.07, 6.45) is 0.957. The van der Waals surface area contributed by atoms with Crippen LogP contribution in [-0.2, 0) is 5.88 Å². The van der Waals surface area contributed by atoms with Gasteiger partial charge in [0.1, 0.15) is 5.88 Å². The van der Waals surface area contributed by atoms with E-state index < -0.39 is 0 Å². The van der Waals surface area contributed by atoms with Crippen molar-refractivity contribution in [1.82, 2.24) is 10.2 Å². The molecule has 0 amide bonds. The maximum Gasteiger partial charge on any atom is 0.316 e. The third-order valence-corrected chi connectivity index (χ3v) is 3.39. The van der Waals surface area contributed by atoms with Gasteiger partial charge in [-0.2, -0.15) is 0 Å². The lowest BCUT2D eigenvalue weighted by Gasteiger charge is -2.12. The van der Waals surface area contributed by atoms with Crippen molar-refractivity contribution in [2.45, 2.75) is 25.3 Å². The van der Waals surface area contributed by atoms with E-state index >= 15 is 0 Å². The van der Waals surface area contributed by atoms with Crippen molar-refractivity contribution in [1.29, 1.82) is 0 Å². The van der Waals surface area contributed by atoms with E-state index in [1.807, 2.05) is 6.07 Å². The van der Waals surface area contributed by atoms with E-state index in [0.717, 1.165) is 6.42 Å². The summed E-state index contributed by atoms with van der Waals surface area (Å²) in [6, 6.07) is 4.76. The molecule has 86 valence electrons. The summed E-state index contributed by atoms with van der Waals surface area (Å²) in [4.78, 5) is 1.26. The van der Waals surface area contributed by atoms with Gasteiger partial charge in [0.05, 0.1) is 6.04 Å². The van der Waals surface area contributed by atoms with Crippen molar-refractivity contribution < 1.29 is 4.42 Å². The topological polar surface area (TPSA) is 51.0 Å². The molecule has 2 aromatic heterocycles. The Kier molecular flexibility index (Phi) is 3.79. The number of halogens is 1. The maximum absolute atomic E-state index is 5.59. The lowest BCUT2D eigenvalue weighted by molar-refractivity contribution is 0.517. The van der Waals surface area contributed by atoms with Gasteiger partial charge in [0.15, 0.2) is 0 Å². The molecule has 0 radical (unpaired) electrons. The quantitative estimate of drug-likeness (QED) is 0.834. The molecule has 2 heterocycles. The van der Waals surface area contributed by atoms with Gasteiger partial charge in [0, 0.05) is 4.88 Å². The fraction of sp³-hybridized carbons (Fsp3) is 0.400. The molecule has 0 spiro atoms. The average molecular weight is 258 g/mol. The summed E-state index contributed by atoms with van der Waals surface area (Å²) in [5.41, 5.74) is 0. The first kappa shape index (κ1) is 11.4. The third-order valence-electron chi connectivity index (χ3n) is 2.17. The highest BCUT2D eigenvalue weighted by molar-refractivity contribution is 7.10. The van der Waals surface area contributed by atoms with Gasteiger partial charge in [-0.25, -0.2) is 0 Å². The van der Waals surface area contributed by atoms with Crippen molar-refractivity contribution >= 4 is 29.0 Å². The largest absolute Gasteiger partial charge is 0.407 e. The van der Waals surface area contributed by atoms with Crippen LogP contribution in [0.25, 0.3) is 0 Å². The Morgan fingerprint density at radius 2 is 2.44 bits per heavy atom. The normalized spacial score (nSPS) is 12.6. The van der Waals surface area contributed by atoms with Gasteiger partial charge in [-0.05, 0) is 17.9 Å². The van der Waals surface area contributed by atoms with Crippen LogP contribution in [0.3, 0.4) is 0 Å². The van der Waals surface area contributed by atoms with Crippen LogP contribution >= 0.6 is 22.9 Å². The van der Waals surface area contributed by atoms with Crippen LogP contribution < -0.4 is 5.32 Å². The molecule has 0 saturated heterocycles. The van der Waals surface area contributed by atoms with Crippen molar-refractivity contribution in [2.75, 3.05) is 5.32 Å². The van der Waals surface area contributed by atoms with Gasteiger partial charge in [-0.15, -0.1) is 28.0 Å². The standard InChI is InChI=1S/C10H12ClN3OS/c1-2-7(8-4-3-5-16-8)12-10-14-13-9(6-11)15-10/h3-5,7H,2,6H2,1H3,(H,12,14). The molecule has 0 aliphatic carbocycles. The first-order valence-corrected chi connectivity index (χ1v) is 6.43. The number of hydrogen-bond acceptors (Lipinski definition) is 5. The lowest BCUT2D eigenvalue weighted by atomic mass is 10.2. The van der Waals surface area contributed by atoms with Crippen molar-refractivity contribution in [3.05, 3.63) is 28.3 Å². The Morgan fingerprint density at radius 1 is 1.56 bits per heavy atom. The Hall–Kier alpha value is -1.07. The highest BCUT2D eigenvalue weighted by Gasteiger charge is 2.13. The summed E-state index contributed by atoms with van der Waals surface area (Å²) in [5, 5.41) is 12.9. The fourth-order valence-electron chi connectivity index (χ4n) is 1.38. The Morgan fingerprint density at radius 3 is 3.00 bits per heavy atom. The minimum atomic E-state index is 0.212. The summed E-state index contributed by atoms with van der Waals surface area (Å²) >= 11 is 7.30. The minimum Gasteiger partial charge on any atom is -0.407 e. The van der Waals surface area contributed by atoms with E-state index in [4.69, 9.17) is 16.0 Å². The maximum atomic E-state index is 5.59. The zero-order chi connectivity index (χ0) is 11.4. The van der Waals surface area contributed by atoms with Crippen molar-refractivity contribution in [3.63, 3.8) is 0 Å². The summed E-state index contributed by atoms with van der Waals surface area (Å²) < 4.78 is 5.30. The number of anilines is 1. The SMILES string of the molecule is CCC(Nc1nnc(CCl)o1)c1cccs1. The number of aromatic nitrogens is 2. The number of nitrogens with one attached hydrogen (secondary N) is 1. The molecule has 0 aliphatic rings. The smallest absolute Gasteiger partial charge is 0.316 e. The van der Waals surface area contributed by atoms with E-state index in [9.17, 15) is 0 Å². The molecule has 0 fully saturated rings. The molecule has 0 aliphatic heterocycles. The van der Waals surface area contributed by atoms with Gasteiger partial charge < -0.3 is 9.73 Å². The first-order chi connectivity index (χ1) is 7.83. The van der Waals surface area contributed by atoms with Crippen LogP contribution in [0, 0.1) is 0 Å². The van der Waals surface area contributed by atoms with Gasteiger partial charge in [-0.1, -0.05) is 18.1 Å². The highest BCUT2D eigenvalue weighted by Crippen LogP contribution is 2.25. The minimum absolute atomic E-state index is 0.212. The molecule has 4 nitrogen and oxygen atoms in total. The molecule has 2 rings (SSSR count). The van der Waals surface area contributed by atoms with Crippen molar-refractivity contribution in [2.24, 2.45) is 0 Å². The molecular weight excluding hydrogens is 246 g/mol.